The molecule has 4 heteroatoms. The maximum Gasteiger partial charge on any atom is 0.123 e. The molecular weight excluding hydrogens is 237 g/mol. The molecule has 0 aliphatic carbocycles. The number of hydrogen-bond acceptors (Lipinski definition) is 3. The molecule has 2 aromatic rings. The van der Waals surface area contributed by atoms with Crippen LogP contribution in [0.15, 0.2) is 52.5 Å². The molecular formula is C13H12FNOS. The highest BCUT2D eigenvalue weighted by atomic mass is 32.2. The molecule has 1 N–H and O–H groups in total. The van der Waals surface area contributed by atoms with Gasteiger partial charge in [-0.25, -0.2) is 4.39 Å². The lowest BCUT2D eigenvalue weighted by molar-refractivity contribution is 0.196. The molecule has 0 aliphatic heterocycles. The quantitative estimate of drug-likeness (QED) is 0.904. The molecule has 1 atom stereocenters. The van der Waals surface area contributed by atoms with Crippen molar-refractivity contribution in [3.8, 4) is 0 Å². The second-order valence-electron chi connectivity index (χ2n) is 3.64. The third kappa shape index (κ3) is 3.05. The van der Waals surface area contributed by atoms with Gasteiger partial charge in [0.1, 0.15) is 5.82 Å². The van der Waals surface area contributed by atoms with Gasteiger partial charge in [-0.3, -0.25) is 4.98 Å². The van der Waals surface area contributed by atoms with Gasteiger partial charge in [0.15, 0.2) is 0 Å². The second kappa shape index (κ2) is 5.29. The zero-order chi connectivity index (χ0) is 12.3. The highest BCUT2D eigenvalue weighted by molar-refractivity contribution is 7.99. The molecule has 0 radical (unpaired) electrons. The number of nitrogens with zero attached hydrogens (tertiary/aromatic N) is 1. The fraction of sp³-hybridized carbons (Fsp3) is 0.154. The van der Waals surface area contributed by atoms with Crippen LogP contribution < -0.4 is 0 Å². The van der Waals surface area contributed by atoms with E-state index in [1.54, 1.807) is 25.4 Å². The molecule has 0 unspecified atom stereocenters. The van der Waals surface area contributed by atoms with Crippen molar-refractivity contribution in [3.05, 3.63) is 54.1 Å². The number of benzene rings is 1. The third-order valence-electron chi connectivity index (χ3n) is 2.30. The number of hydrogen-bond donors (Lipinski definition) is 1. The minimum atomic E-state index is -0.685. The van der Waals surface area contributed by atoms with Crippen LogP contribution in [0.5, 0.6) is 0 Å². The van der Waals surface area contributed by atoms with Crippen LogP contribution in [0, 0.1) is 5.82 Å². The van der Waals surface area contributed by atoms with Crippen molar-refractivity contribution >= 4 is 11.8 Å². The van der Waals surface area contributed by atoms with Crippen molar-refractivity contribution in [1.29, 1.82) is 0 Å². The molecule has 1 aromatic carbocycles. The lowest BCUT2D eigenvalue weighted by atomic mass is 10.1. The first-order valence-electron chi connectivity index (χ1n) is 5.22. The molecule has 0 fully saturated rings. The van der Waals surface area contributed by atoms with E-state index in [2.05, 4.69) is 4.98 Å². The highest BCUT2D eigenvalue weighted by Gasteiger charge is 2.10. The van der Waals surface area contributed by atoms with Gasteiger partial charge in [0, 0.05) is 22.2 Å². The summed E-state index contributed by atoms with van der Waals surface area (Å²) in [6.07, 6.45) is 2.72. The van der Waals surface area contributed by atoms with E-state index in [1.807, 2.05) is 12.1 Å². The van der Waals surface area contributed by atoms with E-state index in [0.717, 1.165) is 9.79 Å². The van der Waals surface area contributed by atoms with Crippen LogP contribution in [0.25, 0.3) is 0 Å². The number of pyridine rings is 1. The maximum absolute atomic E-state index is 13.1. The first kappa shape index (κ1) is 12.1. The number of halogens is 1. The summed E-state index contributed by atoms with van der Waals surface area (Å²) < 4.78 is 13.1. The van der Waals surface area contributed by atoms with Gasteiger partial charge >= 0.3 is 0 Å². The molecule has 2 nitrogen and oxygen atoms in total. The van der Waals surface area contributed by atoms with E-state index < -0.39 is 6.10 Å². The van der Waals surface area contributed by atoms with E-state index in [9.17, 15) is 9.50 Å². The summed E-state index contributed by atoms with van der Waals surface area (Å²) in [4.78, 5) is 5.80. The van der Waals surface area contributed by atoms with E-state index in [4.69, 9.17) is 0 Å². The molecule has 0 saturated heterocycles. The summed E-state index contributed by atoms with van der Waals surface area (Å²) in [5.41, 5.74) is 0.604. The summed E-state index contributed by atoms with van der Waals surface area (Å²) in [5, 5.41) is 9.61. The van der Waals surface area contributed by atoms with Gasteiger partial charge in [-0.05, 0) is 42.8 Å². The topological polar surface area (TPSA) is 33.1 Å². The zero-order valence-electron chi connectivity index (χ0n) is 9.30. The highest BCUT2D eigenvalue weighted by Crippen LogP contribution is 2.33. The molecule has 0 aliphatic rings. The first-order valence-corrected chi connectivity index (χ1v) is 6.04. The van der Waals surface area contributed by atoms with Crippen LogP contribution in [-0.4, -0.2) is 10.1 Å². The van der Waals surface area contributed by atoms with Crippen LogP contribution in [0.2, 0.25) is 0 Å². The zero-order valence-corrected chi connectivity index (χ0v) is 10.1. The Balaban J connectivity index is 2.33. The van der Waals surface area contributed by atoms with Gasteiger partial charge in [0.2, 0.25) is 0 Å². The van der Waals surface area contributed by atoms with E-state index in [0.29, 0.717) is 5.56 Å². The Morgan fingerprint density at radius 1 is 1.24 bits per heavy atom. The van der Waals surface area contributed by atoms with Crippen LogP contribution in [0.3, 0.4) is 0 Å². The molecule has 17 heavy (non-hydrogen) atoms. The monoisotopic (exact) mass is 249 g/mol. The van der Waals surface area contributed by atoms with Gasteiger partial charge in [-0.1, -0.05) is 11.8 Å². The number of aromatic nitrogens is 1. The van der Waals surface area contributed by atoms with Crippen LogP contribution in [0.1, 0.15) is 18.6 Å². The average Bonchev–Trinajstić information content (AvgIpc) is 2.32. The molecule has 88 valence electrons. The average molecular weight is 249 g/mol. The molecule has 0 saturated carbocycles. The van der Waals surface area contributed by atoms with Crippen molar-refractivity contribution < 1.29 is 9.50 Å². The SMILES string of the molecule is C[C@H](O)c1cc(F)ccc1Sc1ccncc1. The Bertz CT molecular complexity index is 502. The van der Waals surface area contributed by atoms with Crippen molar-refractivity contribution in [3.63, 3.8) is 0 Å². The Morgan fingerprint density at radius 2 is 1.94 bits per heavy atom. The predicted octanol–water partition coefficient (Wildman–Crippen LogP) is 3.43. The first-order chi connectivity index (χ1) is 8.16. The number of aliphatic hydroxyl groups is 1. The van der Waals surface area contributed by atoms with Crippen molar-refractivity contribution in [1.82, 2.24) is 4.98 Å². The molecule has 0 amide bonds. The van der Waals surface area contributed by atoms with Gasteiger partial charge < -0.3 is 5.11 Å². The summed E-state index contributed by atoms with van der Waals surface area (Å²) in [5.74, 6) is -0.333. The predicted molar refractivity (Wildman–Crippen MR) is 65.4 cm³/mol. The van der Waals surface area contributed by atoms with Gasteiger partial charge in [0.25, 0.3) is 0 Å². The summed E-state index contributed by atoms with van der Waals surface area (Å²) in [6.45, 7) is 1.63. The van der Waals surface area contributed by atoms with Crippen molar-refractivity contribution in [2.45, 2.75) is 22.8 Å². The van der Waals surface area contributed by atoms with E-state index >= 15 is 0 Å². The Labute approximate surface area is 104 Å². The van der Waals surface area contributed by atoms with Crippen molar-refractivity contribution in [2.75, 3.05) is 0 Å². The fourth-order valence-electron chi connectivity index (χ4n) is 1.47. The summed E-state index contributed by atoms with van der Waals surface area (Å²) >= 11 is 1.48. The standard InChI is InChI=1S/C13H12FNOS/c1-9(16)12-8-10(14)2-3-13(12)17-11-4-6-15-7-5-11/h2-9,16H,1H3/t9-/m0/s1. The lowest BCUT2D eigenvalue weighted by Gasteiger charge is -2.11. The van der Waals surface area contributed by atoms with Crippen LogP contribution in [0.4, 0.5) is 4.39 Å². The second-order valence-corrected chi connectivity index (χ2v) is 4.76. The summed E-state index contributed by atoms with van der Waals surface area (Å²) in [6, 6.07) is 8.20. The van der Waals surface area contributed by atoms with Gasteiger partial charge in [0.05, 0.1) is 6.10 Å². The largest absolute Gasteiger partial charge is 0.389 e. The Kier molecular flexibility index (Phi) is 3.76. The van der Waals surface area contributed by atoms with E-state index in [1.165, 1.54) is 23.9 Å². The summed E-state index contributed by atoms with van der Waals surface area (Å²) in [7, 11) is 0. The minimum absolute atomic E-state index is 0.333. The number of rotatable bonds is 3. The maximum atomic E-state index is 13.1. The Hall–Kier alpha value is -1.39. The van der Waals surface area contributed by atoms with Gasteiger partial charge in [-0.2, -0.15) is 0 Å². The molecule has 0 spiro atoms. The van der Waals surface area contributed by atoms with Crippen LogP contribution >= 0.6 is 11.8 Å². The smallest absolute Gasteiger partial charge is 0.123 e. The normalized spacial score (nSPS) is 12.4. The molecule has 2 rings (SSSR count). The number of aliphatic hydroxyl groups excluding tert-OH is 1. The molecule has 1 heterocycles. The van der Waals surface area contributed by atoms with Crippen LogP contribution in [-0.2, 0) is 0 Å². The lowest BCUT2D eigenvalue weighted by Crippen LogP contribution is -1.95. The molecule has 1 aromatic heterocycles. The van der Waals surface area contributed by atoms with Gasteiger partial charge in [-0.15, -0.1) is 0 Å². The Morgan fingerprint density at radius 3 is 2.59 bits per heavy atom. The van der Waals surface area contributed by atoms with Crippen molar-refractivity contribution in [2.24, 2.45) is 0 Å². The third-order valence-corrected chi connectivity index (χ3v) is 3.40. The molecule has 0 bridgehead atoms. The fourth-order valence-corrected chi connectivity index (χ4v) is 2.47. The minimum Gasteiger partial charge on any atom is -0.389 e. The van der Waals surface area contributed by atoms with E-state index in [-0.39, 0.29) is 5.82 Å².